The van der Waals surface area contributed by atoms with E-state index in [1.54, 1.807) is 6.20 Å². The zero-order valence-corrected chi connectivity index (χ0v) is 9.60. The lowest BCUT2D eigenvalue weighted by molar-refractivity contribution is 0.260. The van der Waals surface area contributed by atoms with E-state index in [0.717, 1.165) is 17.7 Å². The third-order valence-corrected chi connectivity index (χ3v) is 3.14. The molecule has 0 amide bonds. The maximum absolute atomic E-state index is 11.3. The van der Waals surface area contributed by atoms with Crippen molar-refractivity contribution in [1.82, 2.24) is 9.97 Å². The Balaban J connectivity index is 1.94. The molecule has 18 heavy (non-hydrogen) atoms. The zero-order chi connectivity index (χ0) is 12.5. The number of nitrogens with one attached hydrogen (secondary N) is 2. The SMILES string of the molecule is O=c1[nH]cc(C2COc3ccccc3C2)[nH]c1=O. The molecule has 2 aromatic rings. The van der Waals surface area contributed by atoms with Crippen LogP contribution >= 0.6 is 0 Å². The Morgan fingerprint density at radius 2 is 2.00 bits per heavy atom. The fourth-order valence-corrected chi connectivity index (χ4v) is 2.18. The normalized spacial score (nSPS) is 17.9. The average Bonchev–Trinajstić information content (AvgIpc) is 2.41. The van der Waals surface area contributed by atoms with Gasteiger partial charge in [0.2, 0.25) is 0 Å². The van der Waals surface area contributed by atoms with E-state index in [4.69, 9.17) is 4.74 Å². The van der Waals surface area contributed by atoms with Gasteiger partial charge in [0.1, 0.15) is 5.75 Å². The van der Waals surface area contributed by atoms with Crippen molar-refractivity contribution in [3.8, 4) is 5.75 Å². The second-order valence-corrected chi connectivity index (χ2v) is 4.35. The van der Waals surface area contributed by atoms with Crippen LogP contribution in [-0.4, -0.2) is 16.6 Å². The first-order valence-electron chi connectivity index (χ1n) is 5.76. The molecule has 3 rings (SSSR count). The smallest absolute Gasteiger partial charge is 0.313 e. The fraction of sp³-hybridized carbons (Fsp3) is 0.231. The van der Waals surface area contributed by atoms with Gasteiger partial charge in [0.25, 0.3) is 0 Å². The van der Waals surface area contributed by atoms with E-state index in [1.807, 2.05) is 24.3 Å². The van der Waals surface area contributed by atoms with Crippen LogP contribution in [-0.2, 0) is 6.42 Å². The lowest BCUT2D eigenvalue weighted by Gasteiger charge is -2.24. The topological polar surface area (TPSA) is 75.0 Å². The lowest BCUT2D eigenvalue weighted by atomic mass is 9.94. The minimum atomic E-state index is -0.629. The van der Waals surface area contributed by atoms with Crippen molar-refractivity contribution in [2.24, 2.45) is 0 Å². The highest BCUT2D eigenvalue weighted by molar-refractivity contribution is 5.36. The molecule has 1 aliphatic rings. The summed E-state index contributed by atoms with van der Waals surface area (Å²) in [5.74, 6) is 0.949. The first kappa shape index (κ1) is 10.8. The predicted molar refractivity (Wildman–Crippen MR) is 66.1 cm³/mol. The first-order valence-corrected chi connectivity index (χ1v) is 5.76. The molecule has 0 saturated heterocycles. The van der Waals surface area contributed by atoms with Crippen LogP contribution in [0.2, 0.25) is 0 Å². The standard InChI is InChI=1S/C13H12N2O3/c16-12-13(17)15-10(6-14-12)9-5-8-3-1-2-4-11(8)18-7-9/h1-4,6,9H,5,7H2,(H,14,16)(H,15,17). The van der Waals surface area contributed by atoms with Gasteiger partial charge in [-0.25, -0.2) is 0 Å². The summed E-state index contributed by atoms with van der Waals surface area (Å²) in [6.45, 7) is 0.499. The molecule has 92 valence electrons. The van der Waals surface area contributed by atoms with E-state index < -0.39 is 11.1 Å². The van der Waals surface area contributed by atoms with Crippen LogP contribution < -0.4 is 15.9 Å². The lowest BCUT2D eigenvalue weighted by Crippen LogP contribution is -2.32. The van der Waals surface area contributed by atoms with Crippen molar-refractivity contribution in [2.75, 3.05) is 6.61 Å². The highest BCUT2D eigenvalue weighted by atomic mass is 16.5. The van der Waals surface area contributed by atoms with Crippen LogP contribution in [0.4, 0.5) is 0 Å². The largest absolute Gasteiger partial charge is 0.493 e. The molecule has 0 aliphatic carbocycles. The van der Waals surface area contributed by atoms with Gasteiger partial charge in [-0.2, -0.15) is 0 Å². The highest BCUT2D eigenvalue weighted by Crippen LogP contribution is 2.30. The Kier molecular flexibility index (Phi) is 2.51. The van der Waals surface area contributed by atoms with E-state index in [0.29, 0.717) is 12.3 Å². The van der Waals surface area contributed by atoms with Crippen LogP contribution in [0.5, 0.6) is 5.75 Å². The van der Waals surface area contributed by atoms with Crippen molar-refractivity contribution in [1.29, 1.82) is 0 Å². The Hall–Kier alpha value is -2.30. The minimum absolute atomic E-state index is 0.0597. The van der Waals surface area contributed by atoms with Crippen molar-refractivity contribution in [3.05, 3.63) is 62.4 Å². The zero-order valence-electron chi connectivity index (χ0n) is 9.60. The molecule has 5 heteroatoms. The monoisotopic (exact) mass is 244 g/mol. The van der Waals surface area contributed by atoms with Crippen molar-refractivity contribution >= 4 is 0 Å². The van der Waals surface area contributed by atoms with Crippen molar-refractivity contribution in [2.45, 2.75) is 12.3 Å². The molecule has 1 unspecified atom stereocenters. The van der Waals surface area contributed by atoms with Crippen LogP contribution in [0.3, 0.4) is 0 Å². The quantitative estimate of drug-likeness (QED) is 0.728. The summed E-state index contributed by atoms with van der Waals surface area (Å²) in [4.78, 5) is 27.3. The number of aromatic amines is 2. The molecule has 1 atom stereocenters. The van der Waals surface area contributed by atoms with Crippen LogP contribution in [0.15, 0.2) is 40.1 Å². The molecule has 2 heterocycles. The van der Waals surface area contributed by atoms with Crippen LogP contribution in [0.25, 0.3) is 0 Å². The maximum Gasteiger partial charge on any atom is 0.313 e. The van der Waals surface area contributed by atoms with E-state index in [2.05, 4.69) is 9.97 Å². The summed E-state index contributed by atoms with van der Waals surface area (Å²) >= 11 is 0. The molecule has 2 N–H and O–H groups in total. The second-order valence-electron chi connectivity index (χ2n) is 4.35. The third kappa shape index (κ3) is 1.84. The van der Waals surface area contributed by atoms with Gasteiger partial charge in [-0.05, 0) is 18.1 Å². The van der Waals surface area contributed by atoms with E-state index in [1.165, 1.54) is 0 Å². The first-order chi connectivity index (χ1) is 8.74. The summed E-state index contributed by atoms with van der Waals surface area (Å²) in [7, 11) is 0. The summed E-state index contributed by atoms with van der Waals surface area (Å²) in [5, 5.41) is 0. The summed E-state index contributed by atoms with van der Waals surface area (Å²) in [6, 6.07) is 7.83. The van der Waals surface area contributed by atoms with Gasteiger partial charge >= 0.3 is 11.1 Å². The molecule has 0 saturated carbocycles. The number of H-pyrrole nitrogens is 2. The number of rotatable bonds is 1. The molecule has 1 aromatic carbocycles. The summed E-state index contributed by atoms with van der Waals surface area (Å²) < 4.78 is 5.65. The number of hydrogen-bond donors (Lipinski definition) is 2. The molecular weight excluding hydrogens is 232 g/mol. The molecule has 0 fully saturated rings. The molecule has 1 aromatic heterocycles. The molecule has 1 aliphatic heterocycles. The molecule has 0 radical (unpaired) electrons. The Labute approximate surface area is 102 Å². The Morgan fingerprint density at radius 1 is 1.17 bits per heavy atom. The van der Waals surface area contributed by atoms with Crippen LogP contribution in [0.1, 0.15) is 17.2 Å². The van der Waals surface area contributed by atoms with Gasteiger partial charge < -0.3 is 14.7 Å². The molecule has 0 bridgehead atoms. The predicted octanol–water partition coefficient (Wildman–Crippen LogP) is 0.782. The van der Waals surface area contributed by atoms with E-state index in [9.17, 15) is 9.59 Å². The second kappa shape index (κ2) is 4.18. The van der Waals surface area contributed by atoms with Gasteiger partial charge in [0.05, 0.1) is 6.61 Å². The number of ether oxygens (including phenoxy) is 1. The molecular formula is C13H12N2O3. The van der Waals surface area contributed by atoms with Gasteiger partial charge in [0, 0.05) is 17.8 Å². The van der Waals surface area contributed by atoms with Crippen LogP contribution in [0, 0.1) is 0 Å². The summed E-state index contributed by atoms with van der Waals surface area (Å²) in [6.07, 6.45) is 2.34. The Morgan fingerprint density at radius 3 is 2.83 bits per heavy atom. The van der Waals surface area contributed by atoms with E-state index in [-0.39, 0.29) is 5.92 Å². The maximum atomic E-state index is 11.3. The number of hydrogen-bond acceptors (Lipinski definition) is 3. The highest BCUT2D eigenvalue weighted by Gasteiger charge is 2.21. The van der Waals surface area contributed by atoms with Crippen molar-refractivity contribution in [3.63, 3.8) is 0 Å². The van der Waals surface area contributed by atoms with Gasteiger partial charge in [0.15, 0.2) is 0 Å². The van der Waals surface area contributed by atoms with Gasteiger partial charge in [-0.15, -0.1) is 0 Å². The number of benzene rings is 1. The Bertz CT molecular complexity index is 687. The third-order valence-electron chi connectivity index (χ3n) is 3.14. The molecule has 5 nitrogen and oxygen atoms in total. The fourth-order valence-electron chi connectivity index (χ4n) is 2.18. The van der Waals surface area contributed by atoms with Gasteiger partial charge in [-0.1, -0.05) is 18.2 Å². The molecule has 0 spiro atoms. The number of aromatic nitrogens is 2. The van der Waals surface area contributed by atoms with Gasteiger partial charge in [-0.3, -0.25) is 9.59 Å². The summed E-state index contributed by atoms with van der Waals surface area (Å²) in [5.41, 5.74) is 0.567. The van der Waals surface area contributed by atoms with Crippen molar-refractivity contribution < 1.29 is 4.74 Å². The average molecular weight is 244 g/mol. The van der Waals surface area contributed by atoms with E-state index >= 15 is 0 Å². The number of para-hydroxylation sites is 1. The minimum Gasteiger partial charge on any atom is -0.493 e. The number of fused-ring (bicyclic) bond motifs is 1.